The Morgan fingerprint density at radius 3 is 2.54 bits per heavy atom. The molecule has 0 radical (unpaired) electrons. The molecule has 0 aliphatic carbocycles. The maximum atomic E-state index is 13.1. The minimum absolute atomic E-state index is 0.0625. The maximum absolute atomic E-state index is 13.1. The van der Waals surface area contributed by atoms with Gasteiger partial charge in [-0.05, 0) is 43.7 Å². The summed E-state index contributed by atoms with van der Waals surface area (Å²) in [5.41, 5.74) is 4.26. The van der Waals surface area contributed by atoms with Crippen molar-refractivity contribution in [3.05, 3.63) is 114 Å². The van der Waals surface area contributed by atoms with Crippen LogP contribution in [-0.4, -0.2) is 25.4 Å². The van der Waals surface area contributed by atoms with Crippen molar-refractivity contribution in [1.29, 1.82) is 0 Å². The van der Waals surface area contributed by atoms with E-state index in [2.05, 4.69) is 30.6 Å². The van der Waals surface area contributed by atoms with Gasteiger partial charge in [-0.25, -0.2) is 4.98 Å². The molecule has 0 spiro atoms. The first-order chi connectivity index (χ1) is 16.8. The lowest BCUT2D eigenvalue weighted by molar-refractivity contribution is -0.384. The van der Waals surface area contributed by atoms with Crippen LogP contribution in [0, 0.1) is 24.0 Å². The van der Waals surface area contributed by atoms with Crippen molar-refractivity contribution in [1.82, 2.24) is 14.2 Å². The number of hydrogen-bond acceptors (Lipinski definition) is 5. The molecule has 8 nitrogen and oxygen atoms in total. The molecule has 5 rings (SSSR count). The molecule has 174 valence electrons. The molecule has 35 heavy (non-hydrogen) atoms. The molecule has 0 fully saturated rings. The molecule has 0 atom stereocenters. The molecular weight excluding hydrogens is 510 g/mol. The van der Waals surface area contributed by atoms with Crippen molar-refractivity contribution in [3.63, 3.8) is 0 Å². The molecule has 0 aliphatic rings. The number of rotatable bonds is 5. The second kappa shape index (κ2) is 8.92. The zero-order chi connectivity index (χ0) is 24.7. The number of fused-ring (bicyclic) bond motifs is 2. The number of aryl methyl sites for hydroxylation is 1. The highest BCUT2D eigenvalue weighted by Crippen LogP contribution is 2.26. The van der Waals surface area contributed by atoms with Crippen LogP contribution in [-0.2, 0) is 6.54 Å². The van der Waals surface area contributed by atoms with Crippen molar-refractivity contribution in [2.24, 2.45) is 5.10 Å². The summed E-state index contributed by atoms with van der Waals surface area (Å²) in [5.74, 6) is 0.494. The predicted octanol–water partition coefficient (Wildman–Crippen LogP) is 5.57. The Kier molecular flexibility index (Phi) is 5.78. The van der Waals surface area contributed by atoms with Gasteiger partial charge in [0.05, 0.1) is 22.0 Å². The van der Waals surface area contributed by atoms with Crippen molar-refractivity contribution < 1.29 is 4.92 Å². The molecule has 0 aliphatic heterocycles. The largest absolute Gasteiger partial charge is 0.340 e. The summed E-state index contributed by atoms with van der Waals surface area (Å²) >= 11 is 3.41. The van der Waals surface area contributed by atoms with Crippen LogP contribution in [0.1, 0.15) is 22.6 Å². The molecule has 0 saturated heterocycles. The number of benzene rings is 3. The Balaban J connectivity index is 1.59. The van der Waals surface area contributed by atoms with Crippen LogP contribution in [0.3, 0.4) is 0 Å². The van der Waals surface area contributed by atoms with E-state index in [4.69, 9.17) is 0 Å². The topological polar surface area (TPSA) is 95.3 Å². The number of nitro groups is 1. The molecule has 5 aromatic rings. The van der Waals surface area contributed by atoms with Gasteiger partial charge in [-0.3, -0.25) is 14.9 Å². The minimum atomic E-state index is -0.404. The van der Waals surface area contributed by atoms with Crippen molar-refractivity contribution >= 4 is 49.6 Å². The summed E-state index contributed by atoms with van der Waals surface area (Å²) in [6, 6.07) is 19.9. The molecule has 0 bridgehead atoms. The Morgan fingerprint density at radius 2 is 1.80 bits per heavy atom. The van der Waals surface area contributed by atoms with Gasteiger partial charge in [0, 0.05) is 45.3 Å². The van der Waals surface area contributed by atoms with E-state index >= 15 is 0 Å². The van der Waals surface area contributed by atoms with Crippen LogP contribution in [0.2, 0.25) is 0 Å². The first-order valence-electron chi connectivity index (χ1n) is 10.9. The van der Waals surface area contributed by atoms with E-state index in [0.29, 0.717) is 23.3 Å². The van der Waals surface area contributed by atoms with Gasteiger partial charge in [0.25, 0.3) is 11.2 Å². The van der Waals surface area contributed by atoms with E-state index in [0.717, 1.165) is 32.2 Å². The van der Waals surface area contributed by atoms with E-state index in [1.807, 2.05) is 37.3 Å². The quantitative estimate of drug-likeness (QED) is 0.169. The van der Waals surface area contributed by atoms with Crippen LogP contribution >= 0.6 is 15.9 Å². The van der Waals surface area contributed by atoms with Gasteiger partial charge < -0.3 is 4.57 Å². The number of nitro benzene ring substituents is 1. The first kappa shape index (κ1) is 22.7. The zero-order valence-corrected chi connectivity index (χ0v) is 20.6. The number of halogens is 1. The first-order valence-corrected chi connectivity index (χ1v) is 11.7. The Labute approximate surface area is 208 Å². The second-order valence-electron chi connectivity index (χ2n) is 8.21. The fourth-order valence-corrected chi connectivity index (χ4v) is 4.60. The number of para-hydroxylation sites is 1. The molecule has 0 unspecified atom stereocenters. The highest BCUT2D eigenvalue weighted by Gasteiger charge is 2.14. The lowest BCUT2D eigenvalue weighted by Gasteiger charge is -2.09. The molecular formula is C26H20BrN5O3. The van der Waals surface area contributed by atoms with E-state index in [1.54, 1.807) is 37.4 Å². The SMILES string of the molecule is Cc1nc2ccc(Br)cc2c(=O)n1N=Cc1c(C)n(Cc2ccc([N+](=O)[O-])cc2)c2ccccc12. The highest BCUT2D eigenvalue weighted by molar-refractivity contribution is 9.10. The van der Waals surface area contributed by atoms with Crippen LogP contribution in [0.5, 0.6) is 0 Å². The Hall–Kier alpha value is -4.11. The smallest absolute Gasteiger partial charge is 0.282 e. The molecule has 9 heteroatoms. The molecule has 0 N–H and O–H groups in total. The number of hydrogen-bond donors (Lipinski definition) is 0. The van der Waals surface area contributed by atoms with E-state index in [-0.39, 0.29) is 11.2 Å². The fourth-order valence-electron chi connectivity index (χ4n) is 4.24. The van der Waals surface area contributed by atoms with Gasteiger partial charge in [-0.1, -0.05) is 46.3 Å². The second-order valence-corrected chi connectivity index (χ2v) is 9.12. The average molecular weight is 530 g/mol. The molecule has 0 amide bonds. The number of aromatic nitrogens is 3. The van der Waals surface area contributed by atoms with Crippen LogP contribution in [0.25, 0.3) is 21.8 Å². The third-order valence-electron chi connectivity index (χ3n) is 6.04. The van der Waals surface area contributed by atoms with Gasteiger partial charge >= 0.3 is 0 Å². The maximum Gasteiger partial charge on any atom is 0.282 e. The van der Waals surface area contributed by atoms with Crippen molar-refractivity contribution in [3.8, 4) is 0 Å². The molecule has 2 heterocycles. The minimum Gasteiger partial charge on any atom is -0.340 e. The molecule has 3 aromatic carbocycles. The van der Waals surface area contributed by atoms with Gasteiger partial charge in [-0.15, -0.1) is 0 Å². The van der Waals surface area contributed by atoms with Crippen molar-refractivity contribution in [2.45, 2.75) is 20.4 Å². The Bertz CT molecular complexity index is 1700. The summed E-state index contributed by atoms with van der Waals surface area (Å²) in [5, 5.41) is 17.0. The zero-order valence-electron chi connectivity index (χ0n) is 19.0. The van der Waals surface area contributed by atoms with Gasteiger partial charge in [-0.2, -0.15) is 9.78 Å². The summed E-state index contributed by atoms with van der Waals surface area (Å²) in [7, 11) is 0. The average Bonchev–Trinajstić information content (AvgIpc) is 3.11. The standard InChI is InChI=1S/C26H20BrN5O3/c1-16-23(14-28-31-17(2)29-24-12-9-19(27)13-22(24)26(31)33)21-5-3-4-6-25(21)30(16)15-18-7-10-20(11-8-18)32(34)35/h3-14H,15H2,1-2H3. The normalized spacial score (nSPS) is 11.6. The molecule has 2 aromatic heterocycles. The van der Waals surface area contributed by atoms with E-state index in [1.165, 1.54) is 16.8 Å². The van der Waals surface area contributed by atoms with E-state index < -0.39 is 4.92 Å². The van der Waals surface area contributed by atoms with Gasteiger partial charge in [0.1, 0.15) is 5.82 Å². The van der Waals surface area contributed by atoms with Crippen LogP contribution in [0.4, 0.5) is 5.69 Å². The number of nitrogens with zero attached hydrogens (tertiary/aromatic N) is 5. The summed E-state index contributed by atoms with van der Waals surface area (Å²) < 4.78 is 4.26. The van der Waals surface area contributed by atoms with Gasteiger partial charge in [0.15, 0.2) is 0 Å². The summed E-state index contributed by atoms with van der Waals surface area (Å²) in [6.07, 6.45) is 1.70. The highest BCUT2D eigenvalue weighted by atomic mass is 79.9. The lowest BCUT2D eigenvalue weighted by atomic mass is 10.1. The summed E-state index contributed by atoms with van der Waals surface area (Å²) in [4.78, 5) is 28.2. The number of non-ortho nitro benzene ring substituents is 1. The van der Waals surface area contributed by atoms with Crippen LogP contribution in [0.15, 0.2) is 81.1 Å². The monoisotopic (exact) mass is 529 g/mol. The lowest BCUT2D eigenvalue weighted by Crippen LogP contribution is -2.20. The van der Waals surface area contributed by atoms with E-state index in [9.17, 15) is 14.9 Å². The van der Waals surface area contributed by atoms with Crippen molar-refractivity contribution in [2.75, 3.05) is 0 Å². The predicted molar refractivity (Wildman–Crippen MR) is 140 cm³/mol. The fraction of sp³-hybridized carbons (Fsp3) is 0.115. The third kappa shape index (κ3) is 4.15. The molecule has 0 saturated carbocycles. The Morgan fingerprint density at radius 1 is 1.06 bits per heavy atom. The summed E-state index contributed by atoms with van der Waals surface area (Å²) in [6.45, 7) is 4.30. The van der Waals surface area contributed by atoms with Gasteiger partial charge in [0.2, 0.25) is 0 Å². The van der Waals surface area contributed by atoms with Crippen LogP contribution < -0.4 is 5.56 Å². The third-order valence-corrected chi connectivity index (χ3v) is 6.53.